The first-order valence-electron chi connectivity index (χ1n) is 9.55. The van der Waals surface area contributed by atoms with Gasteiger partial charge in [0, 0.05) is 28.4 Å². The molecule has 7 nitrogen and oxygen atoms in total. The Balaban J connectivity index is 2.00. The normalized spacial score (nSPS) is 10.9. The number of thiocarbonyl (C=S) groups is 1. The van der Waals surface area contributed by atoms with Gasteiger partial charge in [-0.05, 0) is 75.5 Å². The average molecular weight is 508 g/mol. The Morgan fingerprint density at radius 2 is 1.71 bits per heavy atom. The fourth-order valence-electron chi connectivity index (χ4n) is 2.49. The molecule has 0 aromatic heterocycles. The second-order valence-corrected chi connectivity index (χ2v) is 9.00. The van der Waals surface area contributed by atoms with Crippen molar-refractivity contribution in [2.24, 2.45) is 0 Å². The Hall–Kier alpha value is -2.49. The van der Waals surface area contributed by atoms with Gasteiger partial charge >= 0.3 is 0 Å². The monoisotopic (exact) mass is 507 g/mol. The maximum Gasteiger partial charge on any atom is 0.261 e. The van der Waals surface area contributed by atoms with Gasteiger partial charge in [0.25, 0.3) is 11.8 Å². The second kappa shape index (κ2) is 11.2. The maximum atomic E-state index is 12.7. The van der Waals surface area contributed by atoms with Crippen molar-refractivity contribution in [3.05, 3.63) is 58.1 Å². The Bertz CT molecular complexity index is 943. The number of anilines is 1. The van der Waals surface area contributed by atoms with Crippen molar-refractivity contribution in [2.75, 3.05) is 25.6 Å². The number of methoxy groups -OCH3 is 1. The third-order valence-electron chi connectivity index (χ3n) is 3.85. The van der Waals surface area contributed by atoms with Crippen LogP contribution in [-0.4, -0.2) is 42.8 Å². The largest absolute Gasteiger partial charge is 0.490 e. The molecule has 0 aliphatic rings. The van der Waals surface area contributed by atoms with Crippen LogP contribution in [0.4, 0.5) is 5.69 Å². The van der Waals surface area contributed by atoms with Gasteiger partial charge < -0.3 is 20.1 Å². The van der Waals surface area contributed by atoms with E-state index in [1.54, 1.807) is 49.6 Å². The first kappa shape index (κ1) is 24.8. The van der Waals surface area contributed by atoms with Crippen LogP contribution in [0.25, 0.3) is 0 Å². The van der Waals surface area contributed by atoms with Gasteiger partial charge in [-0.1, -0.05) is 15.9 Å². The lowest BCUT2D eigenvalue weighted by atomic mass is 10.1. The quantitative estimate of drug-likeness (QED) is 0.385. The standard InChI is InChI=1S/C22H26BrN3O4S/c1-22(2,3)26-19(27)14-5-8-16(9-6-14)24-21(31)25-20(28)17-13-15(23)7-10-18(17)30-12-11-29-4/h5-10,13H,11-12H2,1-4H3,(H,26,27)(H2,24,25,28,31). The Morgan fingerprint density at radius 3 is 2.32 bits per heavy atom. The molecule has 0 heterocycles. The van der Waals surface area contributed by atoms with Gasteiger partial charge in [-0.25, -0.2) is 0 Å². The minimum Gasteiger partial charge on any atom is -0.490 e. The molecule has 2 aromatic carbocycles. The molecule has 0 atom stereocenters. The van der Waals surface area contributed by atoms with Gasteiger partial charge in [0.1, 0.15) is 12.4 Å². The molecule has 0 bridgehead atoms. The molecule has 0 radical (unpaired) electrons. The SMILES string of the molecule is COCCOc1ccc(Br)cc1C(=O)NC(=S)Nc1ccc(C(=O)NC(C)(C)C)cc1. The molecule has 0 fully saturated rings. The summed E-state index contributed by atoms with van der Waals surface area (Å²) in [6, 6.07) is 11.9. The number of carbonyl (C=O) groups excluding carboxylic acids is 2. The second-order valence-electron chi connectivity index (χ2n) is 7.67. The summed E-state index contributed by atoms with van der Waals surface area (Å²) in [5, 5.41) is 8.61. The van der Waals surface area contributed by atoms with Crippen molar-refractivity contribution in [3.63, 3.8) is 0 Å². The molecule has 31 heavy (non-hydrogen) atoms. The third-order valence-corrected chi connectivity index (χ3v) is 4.55. The van der Waals surface area contributed by atoms with E-state index in [1.165, 1.54) is 0 Å². The minimum atomic E-state index is -0.410. The van der Waals surface area contributed by atoms with Gasteiger partial charge in [0.05, 0.1) is 12.2 Å². The lowest BCUT2D eigenvalue weighted by Gasteiger charge is -2.20. The van der Waals surface area contributed by atoms with E-state index in [2.05, 4.69) is 31.9 Å². The first-order chi connectivity index (χ1) is 14.6. The first-order valence-corrected chi connectivity index (χ1v) is 10.8. The van der Waals surface area contributed by atoms with E-state index in [4.69, 9.17) is 21.7 Å². The molecule has 9 heteroatoms. The van der Waals surface area contributed by atoms with E-state index in [9.17, 15) is 9.59 Å². The summed E-state index contributed by atoms with van der Waals surface area (Å²) in [7, 11) is 1.58. The van der Waals surface area contributed by atoms with E-state index in [-0.39, 0.29) is 16.6 Å². The van der Waals surface area contributed by atoms with Crippen LogP contribution in [0.5, 0.6) is 5.75 Å². The molecule has 0 unspecified atom stereocenters. The van der Waals surface area contributed by atoms with E-state index in [1.807, 2.05) is 20.8 Å². The van der Waals surface area contributed by atoms with E-state index in [0.29, 0.717) is 35.8 Å². The molecule has 0 aliphatic heterocycles. The molecule has 0 saturated carbocycles. The highest BCUT2D eigenvalue weighted by molar-refractivity contribution is 9.10. The number of amides is 2. The number of halogens is 1. The minimum absolute atomic E-state index is 0.125. The number of carbonyl (C=O) groups is 2. The Kier molecular flexibility index (Phi) is 8.97. The van der Waals surface area contributed by atoms with Crippen molar-refractivity contribution >= 4 is 50.8 Å². The van der Waals surface area contributed by atoms with E-state index >= 15 is 0 Å². The van der Waals surface area contributed by atoms with Crippen molar-refractivity contribution in [2.45, 2.75) is 26.3 Å². The zero-order valence-corrected chi connectivity index (χ0v) is 20.3. The fourth-order valence-corrected chi connectivity index (χ4v) is 3.06. The lowest BCUT2D eigenvalue weighted by molar-refractivity contribution is 0.0918. The Labute approximate surface area is 196 Å². The van der Waals surface area contributed by atoms with Crippen molar-refractivity contribution < 1.29 is 19.1 Å². The van der Waals surface area contributed by atoms with Gasteiger partial charge in [-0.2, -0.15) is 0 Å². The number of hydrogen-bond donors (Lipinski definition) is 3. The smallest absolute Gasteiger partial charge is 0.261 e. The number of ether oxygens (including phenoxy) is 2. The topological polar surface area (TPSA) is 88.7 Å². The molecule has 0 saturated heterocycles. The van der Waals surface area contributed by atoms with Crippen LogP contribution in [-0.2, 0) is 4.74 Å². The number of nitrogens with one attached hydrogen (secondary N) is 3. The highest BCUT2D eigenvalue weighted by atomic mass is 79.9. The Morgan fingerprint density at radius 1 is 1.03 bits per heavy atom. The molecular weight excluding hydrogens is 482 g/mol. The maximum absolute atomic E-state index is 12.7. The molecular formula is C22H26BrN3O4S. The van der Waals surface area contributed by atoms with Gasteiger partial charge in [-0.15, -0.1) is 0 Å². The number of rotatable bonds is 7. The lowest BCUT2D eigenvalue weighted by Crippen LogP contribution is -2.40. The summed E-state index contributed by atoms with van der Waals surface area (Å²) in [4.78, 5) is 24.9. The van der Waals surface area contributed by atoms with Crippen molar-refractivity contribution in [1.82, 2.24) is 10.6 Å². The van der Waals surface area contributed by atoms with Crippen LogP contribution in [0.2, 0.25) is 0 Å². The van der Waals surface area contributed by atoms with E-state index in [0.717, 1.165) is 4.47 Å². The van der Waals surface area contributed by atoms with Crippen LogP contribution in [0, 0.1) is 0 Å². The third kappa shape index (κ3) is 8.28. The summed E-state index contributed by atoms with van der Waals surface area (Å²) in [6.07, 6.45) is 0. The zero-order chi connectivity index (χ0) is 23.0. The summed E-state index contributed by atoms with van der Waals surface area (Å²) >= 11 is 8.62. The van der Waals surface area contributed by atoms with Crippen LogP contribution in [0.15, 0.2) is 46.9 Å². The zero-order valence-electron chi connectivity index (χ0n) is 17.9. The molecule has 2 aromatic rings. The highest BCUT2D eigenvalue weighted by Gasteiger charge is 2.16. The van der Waals surface area contributed by atoms with Crippen LogP contribution in [0.3, 0.4) is 0 Å². The summed E-state index contributed by atoms with van der Waals surface area (Å²) in [5.41, 5.74) is 1.19. The van der Waals surface area contributed by atoms with E-state index < -0.39 is 5.91 Å². The highest BCUT2D eigenvalue weighted by Crippen LogP contribution is 2.23. The molecule has 2 rings (SSSR count). The van der Waals surface area contributed by atoms with Crippen LogP contribution >= 0.6 is 28.1 Å². The predicted molar refractivity (Wildman–Crippen MR) is 129 cm³/mol. The van der Waals surface area contributed by atoms with Crippen LogP contribution < -0.4 is 20.7 Å². The van der Waals surface area contributed by atoms with Crippen molar-refractivity contribution in [3.8, 4) is 5.75 Å². The van der Waals surface area contributed by atoms with Crippen LogP contribution in [0.1, 0.15) is 41.5 Å². The summed E-state index contributed by atoms with van der Waals surface area (Å²) < 4.78 is 11.3. The number of hydrogen-bond acceptors (Lipinski definition) is 5. The summed E-state index contributed by atoms with van der Waals surface area (Å²) in [6.45, 7) is 6.47. The molecule has 3 N–H and O–H groups in total. The predicted octanol–water partition coefficient (Wildman–Crippen LogP) is 4.13. The number of benzene rings is 2. The van der Waals surface area contributed by atoms with Gasteiger partial charge in [-0.3, -0.25) is 14.9 Å². The molecule has 0 aliphatic carbocycles. The summed E-state index contributed by atoms with van der Waals surface area (Å²) in [5.74, 6) is -0.146. The molecule has 2 amide bonds. The van der Waals surface area contributed by atoms with Gasteiger partial charge in [0.2, 0.25) is 0 Å². The van der Waals surface area contributed by atoms with Crippen molar-refractivity contribution in [1.29, 1.82) is 0 Å². The average Bonchev–Trinajstić information content (AvgIpc) is 2.68. The molecule has 0 spiro atoms. The molecule has 166 valence electrons. The fraction of sp³-hybridized carbons (Fsp3) is 0.318. The van der Waals surface area contributed by atoms with Gasteiger partial charge in [0.15, 0.2) is 5.11 Å².